The zero-order chi connectivity index (χ0) is 20.9. The molecule has 0 aliphatic rings. The minimum absolute atomic E-state index is 0.0274. The molecule has 28 heavy (non-hydrogen) atoms. The highest BCUT2D eigenvalue weighted by Gasteiger charge is 2.31. The highest BCUT2D eigenvalue weighted by atomic mass is 32.2. The maximum Gasteiger partial charge on any atom is 0.573 e. The third-order valence-corrected chi connectivity index (χ3v) is 5.40. The molecule has 0 aromatic heterocycles. The van der Waals surface area contributed by atoms with E-state index in [1.165, 1.54) is 24.3 Å². The van der Waals surface area contributed by atoms with Crippen LogP contribution in [-0.2, 0) is 9.84 Å². The number of allylic oxidation sites excluding steroid dienone is 1. The average molecular weight is 410 g/mol. The third kappa shape index (κ3) is 5.50. The number of nitriles is 1. The molecule has 0 amide bonds. The fourth-order valence-electron chi connectivity index (χ4n) is 2.23. The van der Waals surface area contributed by atoms with Gasteiger partial charge in [-0.2, -0.15) is 5.26 Å². The van der Waals surface area contributed by atoms with E-state index in [4.69, 9.17) is 0 Å². The monoisotopic (exact) mass is 410 g/mol. The van der Waals surface area contributed by atoms with Gasteiger partial charge >= 0.3 is 6.36 Å². The molecule has 0 saturated heterocycles. The van der Waals surface area contributed by atoms with Crippen LogP contribution in [-0.4, -0.2) is 14.8 Å². The third-order valence-electron chi connectivity index (χ3n) is 3.71. The molecule has 0 unspecified atom stereocenters. The number of rotatable bonds is 6. The lowest BCUT2D eigenvalue weighted by Gasteiger charge is -2.10. The molecule has 0 aliphatic carbocycles. The lowest BCUT2D eigenvalue weighted by atomic mass is 10.0. The Labute approximate surface area is 161 Å². The summed E-state index contributed by atoms with van der Waals surface area (Å²) in [6.45, 7) is 3.94. The smallest absolute Gasteiger partial charge is 0.406 e. The molecule has 0 radical (unpaired) electrons. The Kier molecular flexibility index (Phi) is 6.36. The predicted octanol–water partition coefficient (Wildman–Crippen LogP) is 4.96. The van der Waals surface area contributed by atoms with Crippen LogP contribution in [0.25, 0.3) is 0 Å². The van der Waals surface area contributed by atoms with Crippen LogP contribution >= 0.6 is 0 Å². The van der Waals surface area contributed by atoms with Gasteiger partial charge in [0.15, 0.2) is 4.91 Å². The SMILES string of the molecule is CC(C)c1ccc(S(=O)(=O)C(C#N)=CNc2ccc(OC(F)(F)F)cc2)cc1. The first-order valence-corrected chi connectivity index (χ1v) is 9.59. The molecule has 0 spiro atoms. The van der Waals surface area contributed by atoms with E-state index in [2.05, 4.69) is 10.1 Å². The predicted molar refractivity (Wildman–Crippen MR) is 98.2 cm³/mol. The molecule has 9 heteroatoms. The van der Waals surface area contributed by atoms with Gasteiger partial charge in [0, 0.05) is 11.9 Å². The van der Waals surface area contributed by atoms with E-state index in [1.807, 2.05) is 13.8 Å². The van der Waals surface area contributed by atoms with Crippen molar-refractivity contribution >= 4 is 15.5 Å². The number of hydrogen-bond donors (Lipinski definition) is 1. The van der Waals surface area contributed by atoms with Crippen molar-refractivity contribution in [2.75, 3.05) is 5.32 Å². The van der Waals surface area contributed by atoms with Gasteiger partial charge in [0.05, 0.1) is 4.90 Å². The zero-order valence-corrected chi connectivity index (χ0v) is 15.8. The van der Waals surface area contributed by atoms with Gasteiger partial charge in [-0.25, -0.2) is 8.42 Å². The van der Waals surface area contributed by atoms with Crippen molar-refractivity contribution in [3.8, 4) is 11.8 Å². The van der Waals surface area contributed by atoms with Crippen molar-refractivity contribution in [3.63, 3.8) is 0 Å². The summed E-state index contributed by atoms with van der Waals surface area (Å²) in [5.74, 6) is -0.186. The molecule has 2 aromatic rings. The Hall–Kier alpha value is -2.99. The van der Waals surface area contributed by atoms with Crippen molar-refractivity contribution in [2.45, 2.75) is 31.0 Å². The Morgan fingerprint density at radius 3 is 2.14 bits per heavy atom. The summed E-state index contributed by atoms with van der Waals surface area (Å²) in [7, 11) is -4.03. The number of nitrogens with zero attached hydrogens (tertiary/aromatic N) is 1. The van der Waals surface area contributed by atoms with E-state index < -0.39 is 26.9 Å². The van der Waals surface area contributed by atoms with Crippen LogP contribution in [0.2, 0.25) is 0 Å². The highest BCUT2D eigenvalue weighted by Crippen LogP contribution is 2.25. The number of nitrogens with one attached hydrogen (secondary N) is 1. The fourth-order valence-corrected chi connectivity index (χ4v) is 3.31. The lowest BCUT2D eigenvalue weighted by Crippen LogP contribution is -2.16. The quantitative estimate of drug-likeness (QED) is 0.681. The molecule has 1 N–H and O–H groups in total. The Bertz CT molecular complexity index is 989. The van der Waals surface area contributed by atoms with E-state index in [0.29, 0.717) is 0 Å². The van der Waals surface area contributed by atoms with Crippen molar-refractivity contribution in [1.82, 2.24) is 0 Å². The molecule has 148 valence electrons. The number of anilines is 1. The average Bonchev–Trinajstić information content (AvgIpc) is 2.62. The molecule has 0 aliphatic heterocycles. The highest BCUT2D eigenvalue weighted by molar-refractivity contribution is 7.95. The molecule has 5 nitrogen and oxygen atoms in total. The maximum atomic E-state index is 12.6. The Morgan fingerprint density at radius 2 is 1.68 bits per heavy atom. The summed E-state index contributed by atoms with van der Waals surface area (Å²) in [5.41, 5.74) is 1.24. The van der Waals surface area contributed by atoms with Gasteiger partial charge in [-0.1, -0.05) is 26.0 Å². The molecule has 0 atom stereocenters. The summed E-state index contributed by atoms with van der Waals surface area (Å²) in [5, 5.41) is 11.8. The van der Waals surface area contributed by atoms with E-state index in [-0.39, 0.29) is 16.5 Å². The second-order valence-corrected chi connectivity index (χ2v) is 7.98. The summed E-state index contributed by atoms with van der Waals surface area (Å²) in [6, 6.07) is 12.5. The van der Waals surface area contributed by atoms with E-state index in [1.54, 1.807) is 18.2 Å². The summed E-state index contributed by atoms with van der Waals surface area (Å²) in [6.07, 6.45) is -3.81. The maximum absolute atomic E-state index is 12.6. The first kappa shape index (κ1) is 21.3. The Morgan fingerprint density at radius 1 is 1.11 bits per heavy atom. The van der Waals surface area contributed by atoms with Gasteiger partial charge in [0.25, 0.3) is 0 Å². The van der Waals surface area contributed by atoms with Gasteiger partial charge in [0.2, 0.25) is 9.84 Å². The summed E-state index contributed by atoms with van der Waals surface area (Å²) in [4.78, 5) is -0.555. The van der Waals surface area contributed by atoms with Crippen LogP contribution in [0.4, 0.5) is 18.9 Å². The minimum atomic E-state index is -4.80. The summed E-state index contributed by atoms with van der Waals surface area (Å²) >= 11 is 0. The second-order valence-electron chi connectivity index (χ2n) is 6.06. The molecule has 0 heterocycles. The van der Waals surface area contributed by atoms with E-state index >= 15 is 0 Å². The van der Waals surface area contributed by atoms with Crippen LogP contribution in [0.5, 0.6) is 5.75 Å². The van der Waals surface area contributed by atoms with Crippen LogP contribution in [0, 0.1) is 11.3 Å². The number of hydrogen-bond acceptors (Lipinski definition) is 5. The number of sulfone groups is 1. The molecular formula is C19H17F3N2O3S. The van der Waals surface area contributed by atoms with E-state index in [0.717, 1.165) is 23.9 Å². The van der Waals surface area contributed by atoms with Crippen LogP contribution in [0.15, 0.2) is 64.5 Å². The number of benzene rings is 2. The standard InChI is InChI=1S/C19H17F3N2O3S/c1-13(2)14-3-9-17(10-4-14)28(25,26)18(11-23)12-24-15-5-7-16(8-6-15)27-19(20,21)22/h3-10,12-13,24H,1-2H3. The van der Waals surface area contributed by atoms with Gasteiger partial charge in [-0.15, -0.1) is 13.2 Å². The van der Waals surface area contributed by atoms with Crippen LogP contribution in [0.3, 0.4) is 0 Å². The van der Waals surface area contributed by atoms with Crippen molar-refractivity contribution in [3.05, 3.63) is 65.2 Å². The van der Waals surface area contributed by atoms with Gasteiger partial charge < -0.3 is 10.1 Å². The molecule has 2 aromatic carbocycles. The van der Waals surface area contributed by atoms with Gasteiger partial charge in [0.1, 0.15) is 11.8 Å². The van der Waals surface area contributed by atoms with Crippen LogP contribution in [0.1, 0.15) is 25.3 Å². The van der Waals surface area contributed by atoms with Crippen molar-refractivity contribution in [1.29, 1.82) is 5.26 Å². The molecule has 0 saturated carbocycles. The molecule has 2 rings (SSSR count). The topological polar surface area (TPSA) is 79.2 Å². The molecule has 0 bridgehead atoms. The molecular weight excluding hydrogens is 393 g/mol. The summed E-state index contributed by atoms with van der Waals surface area (Å²) < 4.78 is 65.4. The van der Waals surface area contributed by atoms with E-state index in [9.17, 15) is 26.9 Å². The normalized spacial score (nSPS) is 12.5. The van der Waals surface area contributed by atoms with Crippen molar-refractivity contribution in [2.24, 2.45) is 0 Å². The lowest BCUT2D eigenvalue weighted by molar-refractivity contribution is -0.274. The first-order valence-electron chi connectivity index (χ1n) is 8.10. The van der Waals surface area contributed by atoms with Crippen LogP contribution < -0.4 is 10.1 Å². The van der Waals surface area contributed by atoms with Gasteiger partial charge in [-0.3, -0.25) is 0 Å². The first-order chi connectivity index (χ1) is 13.0. The zero-order valence-electron chi connectivity index (χ0n) is 15.0. The van der Waals surface area contributed by atoms with Crippen molar-refractivity contribution < 1.29 is 26.3 Å². The number of ether oxygens (including phenoxy) is 1. The largest absolute Gasteiger partial charge is 0.573 e. The Balaban J connectivity index is 2.19. The number of alkyl halides is 3. The second kappa shape index (κ2) is 8.35. The fraction of sp³-hybridized carbons (Fsp3) is 0.211. The number of halogens is 3. The molecule has 0 fully saturated rings. The van der Waals surface area contributed by atoms with Gasteiger partial charge in [-0.05, 0) is 47.9 Å². The minimum Gasteiger partial charge on any atom is -0.406 e.